The lowest BCUT2D eigenvalue weighted by Gasteiger charge is -2.10. The highest BCUT2D eigenvalue weighted by Crippen LogP contribution is 2.52. The summed E-state index contributed by atoms with van der Waals surface area (Å²) in [5.41, 5.74) is -0.499. The Labute approximate surface area is 86.9 Å². The molecule has 1 aromatic rings. The highest BCUT2D eigenvalue weighted by molar-refractivity contribution is 6.31. The molecule has 0 aromatic heterocycles. The maximum atomic E-state index is 13.7. The van der Waals surface area contributed by atoms with Crippen LogP contribution in [0.1, 0.15) is 30.9 Å². The molecule has 14 heavy (non-hydrogen) atoms. The molecule has 3 heteroatoms. The standard InChI is InChI=1S/C11H11ClF2/c1-2-7-5-9(12)8(6-10(7)13)11(14)3-4-11/h5-6H,2-4H2,1H3. The second-order valence-corrected chi connectivity index (χ2v) is 4.15. The largest absolute Gasteiger partial charge is 0.239 e. The van der Waals surface area contributed by atoms with E-state index >= 15 is 0 Å². The minimum absolute atomic E-state index is 0.314. The van der Waals surface area contributed by atoms with E-state index < -0.39 is 5.67 Å². The zero-order valence-electron chi connectivity index (χ0n) is 7.91. The molecule has 1 saturated carbocycles. The first-order chi connectivity index (χ1) is 6.57. The summed E-state index contributed by atoms with van der Waals surface area (Å²) in [6, 6.07) is 2.78. The molecule has 0 nitrogen and oxygen atoms in total. The normalized spacial score (nSPS) is 18.3. The molecule has 0 heterocycles. The van der Waals surface area contributed by atoms with Crippen LogP contribution in [-0.2, 0) is 12.1 Å². The molecular weight excluding hydrogens is 206 g/mol. The molecule has 0 saturated heterocycles. The molecule has 1 fully saturated rings. The lowest BCUT2D eigenvalue weighted by atomic mass is 10.0. The third kappa shape index (κ3) is 1.52. The molecule has 0 bridgehead atoms. The highest BCUT2D eigenvalue weighted by Gasteiger charge is 2.46. The van der Waals surface area contributed by atoms with Crippen molar-refractivity contribution >= 4 is 11.6 Å². The van der Waals surface area contributed by atoms with Crippen molar-refractivity contribution in [2.45, 2.75) is 31.9 Å². The van der Waals surface area contributed by atoms with Gasteiger partial charge >= 0.3 is 0 Å². The van der Waals surface area contributed by atoms with Gasteiger partial charge in [0.15, 0.2) is 0 Å². The number of alkyl halides is 1. The fourth-order valence-corrected chi connectivity index (χ4v) is 1.94. The van der Waals surface area contributed by atoms with E-state index in [0.29, 0.717) is 35.4 Å². The number of benzene rings is 1. The predicted molar refractivity (Wildman–Crippen MR) is 52.8 cm³/mol. The molecule has 76 valence electrons. The summed E-state index contributed by atoms with van der Waals surface area (Å²) >= 11 is 5.90. The van der Waals surface area contributed by atoms with Gasteiger partial charge in [0.1, 0.15) is 11.5 Å². The van der Waals surface area contributed by atoms with E-state index in [2.05, 4.69) is 0 Å². The molecule has 1 aliphatic carbocycles. The summed E-state index contributed by atoms with van der Waals surface area (Å²) in [4.78, 5) is 0. The zero-order chi connectivity index (χ0) is 10.3. The maximum absolute atomic E-state index is 13.7. The topological polar surface area (TPSA) is 0 Å². The average molecular weight is 217 g/mol. The Bertz CT molecular complexity index is 370. The van der Waals surface area contributed by atoms with Crippen molar-refractivity contribution in [1.29, 1.82) is 0 Å². The smallest absolute Gasteiger partial charge is 0.137 e. The second kappa shape index (κ2) is 3.20. The van der Waals surface area contributed by atoms with Crippen LogP contribution in [0.15, 0.2) is 12.1 Å². The second-order valence-electron chi connectivity index (χ2n) is 3.74. The van der Waals surface area contributed by atoms with Gasteiger partial charge in [0.05, 0.1) is 0 Å². The first kappa shape index (κ1) is 9.91. The summed E-state index contributed by atoms with van der Waals surface area (Å²) in [6.45, 7) is 1.84. The molecule has 0 atom stereocenters. The third-order valence-electron chi connectivity index (χ3n) is 2.69. The minimum Gasteiger partial charge on any atom is -0.239 e. The Morgan fingerprint density at radius 3 is 2.57 bits per heavy atom. The van der Waals surface area contributed by atoms with Gasteiger partial charge < -0.3 is 0 Å². The van der Waals surface area contributed by atoms with Crippen molar-refractivity contribution in [3.8, 4) is 0 Å². The van der Waals surface area contributed by atoms with E-state index in [9.17, 15) is 8.78 Å². The van der Waals surface area contributed by atoms with Gasteiger partial charge in [0, 0.05) is 10.6 Å². The fourth-order valence-electron chi connectivity index (χ4n) is 1.58. The molecule has 0 unspecified atom stereocenters. The van der Waals surface area contributed by atoms with E-state index in [1.165, 1.54) is 12.1 Å². The van der Waals surface area contributed by atoms with E-state index in [1.807, 2.05) is 6.92 Å². The van der Waals surface area contributed by atoms with Crippen LogP contribution in [0.25, 0.3) is 0 Å². The molecule has 0 aliphatic heterocycles. The Morgan fingerprint density at radius 1 is 1.43 bits per heavy atom. The Balaban J connectivity index is 2.48. The van der Waals surface area contributed by atoms with Gasteiger partial charge in [0.25, 0.3) is 0 Å². The highest BCUT2D eigenvalue weighted by atomic mass is 35.5. The van der Waals surface area contributed by atoms with Crippen molar-refractivity contribution in [2.24, 2.45) is 0 Å². The fraction of sp³-hybridized carbons (Fsp3) is 0.455. The molecule has 2 rings (SSSR count). The molecule has 0 amide bonds. The van der Waals surface area contributed by atoms with E-state index in [-0.39, 0.29) is 5.82 Å². The van der Waals surface area contributed by atoms with Crippen molar-refractivity contribution in [3.63, 3.8) is 0 Å². The van der Waals surface area contributed by atoms with Gasteiger partial charge in [0.2, 0.25) is 0 Å². The van der Waals surface area contributed by atoms with E-state index in [1.54, 1.807) is 0 Å². The minimum atomic E-state index is -1.36. The van der Waals surface area contributed by atoms with Crippen molar-refractivity contribution in [2.75, 3.05) is 0 Å². The quantitative estimate of drug-likeness (QED) is 0.701. The van der Waals surface area contributed by atoms with Crippen LogP contribution in [-0.4, -0.2) is 0 Å². The van der Waals surface area contributed by atoms with Gasteiger partial charge in [-0.1, -0.05) is 18.5 Å². The number of aryl methyl sites for hydroxylation is 1. The van der Waals surface area contributed by atoms with Crippen LogP contribution in [0.5, 0.6) is 0 Å². The summed E-state index contributed by atoms with van der Waals surface area (Å²) < 4.78 is 27.0. The lowest BCUT2D eigenvalue weighted by Crippen LogP contribution is -2.01. The molecule has 0 radical (unpaired) electrons. The van der Waals surface area contributed by atoms with Gasteiger partial charge in [-0.3, -0.25) is 0 Å². The van der Waals surface area contributed by atoms with Gasteiger partial charge in [-0.15, -0.1) is 0 Å². The maximum Gasteiger partial charge on any atom is 0.137 e. The van der Waals surface area contributed by atoms with E-state index in [4.69, 9.17) is 11.6 Å². The molecule has 1 aromatic carbocycles. The molecule has 0 spiro atoms. The van der Waals surface area contributed by atoms with Crippen LogP contribution < -0.4 is 0 Å². The van der Waals surface area contributed by atoms with E-state index in [0.717, 1.165) is 0 Å². The van der Waals surface area contributed by atoms with Crippen LogP contribution in [0.2, 0.25) is 5.02 Å². The lowest BCUT2D eigenvalue weighted by molar-refractivity contribution is 0.316. The van der Waals surface area contributed by atoms with Crippen molar-refractivity contribution in [1.82, 2.24) is 0 Å². The van der Waals surface area contributed by atoms with Crippen LogP contribution >= 0.6 is 11.6 Å². The first-order valence-electron chi connectivity index (χ1n) is 4.74. The van der Waals surface area contributed by atoms with Crippen LogP contribution in [0.4, 0.5) is 8.78 Å². The molecule has 0 N–H and O–H groups in total. The number of rotatable bonds is 2. The van der Waals surface area contributed by atoms with Gasteiger partial charge in [-0.05, 0) is 37.0 Å². The summed E-state index contributed by atoms with van der Waals surface area (Å²) in [7, 11) is 0. The van der Waals surface area contributed by atoms with Gasteiger partial charge in [-0.2, -0.15) is 0 Å². The predicted octanol–water partition coefficient (Wildman–Crippen LogP) is 4.00. The summed E-state index contributed by atoms with van der Waals surface area (Å²) in [5, 5.41) is 0.350. The van der Waals surface area contributed by atoms with Crippen LogP contribution in [0, 0.1) is 5.82 Å². The molecular formula is C11H11ClF2. The Kier molecular flexibility index (Phi) is 2.26. The zero-order valence-corrected chi connectivity index (χ0v) is 8.67. The van der Waals surface area contributed by atoms with Gasteiger partial charge in [-0.25, -0.2) is 8.78 Å². The monoisotopic (exact) mass is 216 g/mol. The third-order valence-corrected chi connectivity index (χ3v) is 3.00. The Morgan fingerprint density at radius 2 is 2.07 bits per heavy atom. The summed E-state index contributed by atoms with van der Waals surface area (Å²) in [5.74, 6) is -0.351. The number of hydrogen-bond acceptors (Lipinski definition) is 0. The number of hydrogen-bond donors (Lipinski definition) is 0. The average Bonchev–Trinajstić information content (AvgIpc) is 2.88. The van der Waals surface area contributed by atoms with Crippen molar-refractivity contribution < 1.29 is 8.78 Å². The Hall–Kier alpha value is -0.630. The number of halogens is 3. The van der Waals surface area contributed by atoms with Crippen molar-refractivity contribution in [3.05, 3.63) is 34.1 Å². The summed E-state index contributed by atoms with van der Waals surface area (Å²) in [6.07, 6.45) is 1.49. The first-order valence-corrected chi connectivity index (χ1v) is 5.12. The molecule has 1 aliphatic rings. The SMILES string of the molecule is CCc1cc(Cl)c(C2(F)CC2)cc1F. The van der Waals surface area contributed by atoms with Crippen LogP contribution in [0.3, 0.4) is 0 Å².